The molecule has 1 saturated heterocycles. The highest BCUT2D eigenvalue weighted by Crippen LogP contribution is 2.21. The first-order valence-corrected chi connectivity index (χ1v) is 6.27. The number of anilines is 1. The summed E-state index contributed by atoms with van der Waals surface area (Å²) in [7, 11) is 0. The van der Waals surface area contributed by atoms with Gasteiger partial charge in [0.1, 0.15) is 5.82 Å². The molecule has 2 heterocycles. The zero-order valence-corrected chi connectivity index (χ0v) is 10.4. The van der Waals surface area contributed by atoms with Crippen LogP contribution in [0.25, 0.3) is 0 Å². The predicted octanol–water partition coefficient (Wildman–Crippen LogP) is 1.99. The Labute approximate surface area is 98.6 Å². The summed E-state index contributed by atoms with van der Waals surface area (Å²) in [5, 5.41) is 0.920. The number of alkyl halides is 1. The highest BCUT2D eigenvalue weighted by Gasteiger charge is 2.23. The van der Waals surface area contributed by atoms with E-state index < -0.39 is 0 Å². The second-order valence-corrected chi connectivity index (χ2v) is 4.37. The van der Waals surface area contributed by atoms with Crippen LogP contribution in [0.3, 0.4) is 0 Å². The van der Waals surface area contributed by atoms with Crippen molar-refractivity contribution < 1.29 is 4.74 Å². The standard InChI is InChI=1S/C11H15BrN2O/c1-9-3-2-4-13-11(9)14-5-6-15-8-10(14)7-12/h2-4,10H,5-8H2,1H3. The van der Waals surface area contributed by atoms with Crippen LogP contribution in [-0.2, 0) is 4.74 Å². The molecule has 0 bridgehead atoms. The molecule has 1 aromatic heterocycles. The molecule has 1 aliphatic rings. The first-order chi connectivity index (χ1) is 7.33. The lowest BCUT2D eigenvalue weighted by atomic mass is 10.2. The van der Waals surface area contributed by atoms with E-state index in [2.05, 4.69) is 38.8 Å². The molecule has 0 radical (unpaired) electrons. The molecule has 1 fully saturated rings. The third kappa shape index (κ3) is 2.32. The van der Waals surface area contributed by atoms with Crippen molar-refractivity contribution in [1.82, 2.24) is 4.98 Å². The first-order valence-electron chi connectivity index (χ1n) is 5.15. The van der Waals surface area contributed by atoms with Crippen LogP contribution >= 0.6 is 15.9 Å². The Morgan fingerprint density at radius 1 is 1.67 bits per heavy atom. The quantitative estimate of drug-likeness (QED) is 0.769. The fourth-order valence-electron chi connectivity index (χ4n) is 1.84. The zero-order chi connectivity index (χ0) is 10.7. The van der Waals surface area contributed by atoms with Crippen LogP contribution in [0.5, 0.6) is 0 Å². The van der Waals surface area contributed by atoms with Gasteiger partial charge in [-0.15, -0.1) is 0 Å². The molecule has 2 rings (SSSR count). The number of morpholine rings is 1. The van der Waals surface area contributed by atoms with Gasteiger partial charge in [0.2, 0.25) is 0 Å². The van der Waals surface area contributed by atoms with Crippen molar-refractivity contribution in [3.63, 3.8) is 0 Å². The van der Waals surface area contributed by atoms with Crippen LogP contribution in [0.4, 0.5) is 5.82 Å². The van der Waals surface area contributed by atoms with Crippen molar-refractivity contribution in [3.05, 3.63) is 23.9 Å². The molecule has 0 saturated carbocycles. The van der Waals surface area contributed by atoms with Gasteiger partial charge >= 0.3 is 0 Å². The number of nitrogens with zero attached hydrogens (tertiary/aromatic N) is 2. The van der Waals surface area contributed by atoms with Gasteiger partial charge in [0, 0.05) is 18.1 Å². The summed E-state index contributed by atoms with van der Waals surface area (Å²) in [5.41, 5.74) is 1.23. The highest BCUT2D eigenvalue weighted by atomic mass is 79.9. The molecule has 82 valence electrons. The summed E-state index contributed by atoms with van der Waals surface area (Å²) in [6.45, 7) is 4.60. The summed E-state index contributed by atoms with van der Waals surface area (Å²) >= 11 is 3.52. The lowest BCUT2D eigenvalue weighted by Crippen LogP contribution is -2.47. The number of rotatable bonds is 2. The minimum absolute atomic E-state index is 0.396. The van der Waals surface area contributed by atoms with Gasteiger partial charge in [0.25, 0.3) is 0 Å². The van der Waals surface area contributed by atoms with Crippen molar-refractivity contribution in [2.75, 3.05) is 30.0 Å². The molecule has 1 unspecified atom stereocenters. The lowest BCUT2D eigenvalue weighted by molar-refractivity contribution is 0.0999. The summed E-state index contributed by atoms with van der Waals surface area (Å²) in [6, 6.07) is 4.47. The van der Waals surface area contributed by atoms with E-state index in [0.29, 0.717) is 6.04 Å². The van der Waals surface area contributed by atoms with E-state index in [0.717, 1.165) is 30.9 Å². The first kappa shape index (κ1) is 10.9. The Morgan fingerprint density at radius 3 is 3.27 bits per heavy atom. The Hall–Kier alpha value is -0.610. The minimum atomic E-state index is 0.396. The second kappa shape index (κ2) is 4.94. The third-order valence-corrected chi connectivity index (χ3v) is 3.41. The molecule has 0 aliphatic carbocycles. The average Bonchev–Trinajstić information content (AvgIpc) is 2.30. The number of hydrogen-bond acceptors (Lipinski definition) is 3. The van der Waals surface area contributed by atoms with Crippen molar-refractivity contribution >= 4 is 21.7 Å². The predicted molar refractivity (Wildman–Crippen MR) is 64.7 cm³/mol. The van der Waals surface area contributed by atoms with E-state index in [1.54, 1.807) is 0 Å². The lowest BCUT2D eigenvalue weighted by Gasteiger charge is -2.36. The fraction of sp³-hybridized carbons (Fsp3) is 0.545. The smallest absolute Gasteiger partial charge is 0.131 e. The second-order valence-electron chi connectivity index (χ2n) is 3.72. The molecule has 0 spiro atoms. The van der Waals surface area contributed by atoms with E-state index in [1.807, 2.05) is 12.3 Å². The van der Waals surface area contributed by atoms with Crippen LogP contribution < -0.4 is 4.90 Å². The highest BCUT2D eigenvalue weighted by molar-refractivity contribution is 9.09. The van der Waals surface area contributed by atoms with Crippen LogP contribution in [0.15, 0.2) is 18.3 Å². The van der Waals surface area contributed by atoms with Crippen LogP contribution in [-0.4, -0.2) is 36.1 Å². The van der Waals surface area contributed by atoms with E-state index >= 15 is 0 Å². The largest absolute Gasteiger partial charge is 0.377 e. The molecule has 4 heteroatoms. The number of hydrogen-bond donors (Lipinski definition) is 0. The monoisotopic (exact) mass is 270 g/mol. The number of pyridine rings is 1. The molecule has 3 nitrogen and oxygen atoms in total. The molecular weight excluding hydrogens is 256 g/mol. The van der Waals surface area contributed by atoms with Crippen molar-refractivity contribution in [1.29, 1.82) is 0 Å². The van der Waals surface area contributed by atoms with Crippen molar-refractivity contribution in [2.24, 2.45) is 0 Å². The minimum Gasteiger partial charge on any atom is -0.377 e. The van der Waals surface area contributed by atoms with Crippen molar-refractivity contribution in [2.45, 2.75) is 13.0 Å². The molecule has 0 aromatic carbocycles. The maximum atomic E-state index is 5.47. The van der Waals surface area contributed by atoms with Gasteiger partial charge in [-0.2, -0.15) is 0 Å². The molecule has 1 atom stereocenters. The number of halogens is 1. The average molecular weight is 271 g/mol. The van der Waals surface area contributed by atoms with Crippen LogP contribution in [0.1, 0.15) is 5.56 Å². The van der Waals surface area contributed by atoms with Gasteiger partial charge in [-0.1, -0.05) is 22.0 Å². The molecule has 0 N–H and O–H groups in total. The van der Waals surface area contributed by atoms with Crippen LogP contribution in [0, 0.1) is 6.92 Å². The zero-order valence-electron chi connectivity index (χ0n) is 8.82. The van der Waals surface area contributed by atoms with Crippen LogP contribution in [0.2, 0.25) is 0 Å². The topological polar surface area (TPSA) is 25.4 Å². The Balaban J connectivity index is 2.24. The normalized spacial score (nSPS) is 21.7. The van der Waals surface area contributed by atoms with Gasteiger partial charge < -0.3 is 9.64 Å². The van der Waals surface area contributed by atoms with Gasteiger partial charge in [-0.3, -0.25) is 0 Å². The van der Waals surface area contributed by atoms with Gasteiger partial charge in [0.05, 0.1) is 19.3 Å². The SMILES string of the molecule is Cc1cccnc1N1CCOCC1CBr. The van der Waals surface area contributed by atoms with Gasteiger partial charge in [0.15, 0.2) is 0 Å². The van der Waals surface area contributed by atoms with E-state index in [-0.39, 0.29) is 0 Å². The molecular formula is C11H15BrN2O. The Bertz CT molecular complexity index is 332. The fourth-order valence-corrected chi connectivity index (χ4v) is 2.38. The molecule has 1 aliphatic heterocycles. The molecule has 1 aromatic rings. The Kier molecular flexibility index (Phi) is 3.59. The Morgan fingerprint density at radius 2 is 2.53 bits per heavy atom. The van der Waals surface area contributed by atoms with Crippen molar-refractivity contribution in [3.8, 4) is 0 Å². The maximum Gasteiger partial charge on any atom is 0.131 e. The summed E-state index contributed by atoms with van der Waals surface area (Å²) in [6.07, 6.45) is 1.85. The van der Waals surface area contributed by atoms with E-state index in [9.17, 15) is 0 Å². The summed E-state index contributed by atoms with van der Waals surface area (Å²) < 4.78 is 5.47. The van der Waals surface area contributed by atoms with Gasteiger partial charge in [-0.05, 0) is 18.6 Å². The maximum absolute atomic E-state index is 5.47. The van der Waals surface area contributed by atoms with E-state index in [4.69, 9.17) is 4.74 Å². The molecule has 15 heavy (non-hydrogen) atoms. The van der Waals surface area contributed by atoms with E-state index in [1.165, 1.54) is 5.56 Å². The third-order valence-electron chi connectivity index (χ3n) is 2.66. The summed E-state index contributed by atoms with van der Waals surface area (Å²) in [5.74, 6) is 1.09. The number of aryl methyl sites for hydroxylation is 1. The number of ether oxygens (including phenoxy) is 1. The van der Waals surface area contributed by atoms with Gasteiger partial charge in [-0.25, -0.2) is 4.98 Å². The number of aromatic nitrogens is 1. The molecule has 0 amide bonds. The summed E-state index contributed by atoms with van der Waals surface area (Å²) in [4.78, 5) is 6.78.